The van der Waals surface area contributed by atoms with E-state index in [4.69, 9.17) is 0 Å². The monoisotopic (exact) mass is 399 g/mol. The van der Waals surface area contributed by atoms with E-state index in [0.717, 1.165) is 28.4 Å². The van der Waals surface area contributed by atoms with Gasteiger partial charge in [-0.25, -0.2) is 0 Å². The number of carbonyl (C=O) groups is 1. The van der Waals surface area contributed by atoms with Crippen LogP contribution in [0.15, 0.2) is 59.8 Å². The fourth-order valence-corrected chi connectivity index (χ4v) is 3.42. The topological polar surface area (TPSA) is 55.2 Å². The van der Waals surface area contributed by atoms with Crippen LogP contribution in [0.4, 0.5) is 18.9 Å². The molecule has 0 bridgehead atoms. The summed E-state index contributed by atoms with van der Waals surface area (Å²) in [5.41, 5.74) is 3.72. The lowest BCUT2D eigenvalue weighted by molar-refractivity contribution is -0.141. The summed E-state index contributed by atoms with van der Waals surface area (Å²) in [5, 5.41) is 0. The van der Waals surface area contributed by atoms with Crippen LogP contribution in [0.3, 0.4) is 0 Å². The van der Waals surface area contributed by atoms with Gasteiger partial charge in [-0.05, 0) is 41.0 Å². The molecule has 0 radical (unpaired) electrons. The second-order valence-corrected chi connectivity index (χ2v) is 6.93. The third kappa shape index (κ3) is 3.78. The van der Waals surface area contributed by atoms with Gasteiger partial charge >= 0.3 is 6.18 Å². The molecule has 4 rings (SSSR count). The first-order valence-electron chi connectivity index (χ1n) is 8.84. The van der Waals surface area contributed by atoms with Gasteiger partial charge < -0.3 is 9.47 Å². The Morgan fingerprint density at radius 1 is 0.966 bits per heavy atom. The van der Waals surface area contributed by atoms with Gasteiger partial charge in [-0.1, -0.05) is 6.07 Å². The summed E-state index contributed by atoms with van der Waals surface area (Å²) in [4.78, 5) is 29.4. The summed E-state index contributed by atoms with van der Waals surface area (Å²) in [5.74, 6) is 0.0240. The van der Waals surface area contributed by atoms with E-state index < -0.39 is 18.3 Å². The number of hydrogen-bond acceptors (Lipinski definition) is 3. The molecule has 0 saturated carbocycles. The van der Waals surface area contributed by atoms with Crippen LogP contribution in [0, 0.1) is 0 Å². The van der Waals surface area contributed by atoms with E-state index in [-0.39, 0.29) is 5.91 Å². The first kappa shape index (κ1) is 18.9. The maximum Gasteiger partial charge on any atom is 0.406 e. The second-order valence-electron chi connectivity index (χ2n) is 6.93. The maximum absolute atomic E-state index is 12.7. The van der Waals surface area contributed by atoms with Gasteiger partial charge in [0.1, 0.15) is 6.54 Å². The van der Waals surface area contributed by atoms with Gasteiger partial charge in [0.05, 0.1) is 6.42 Å². The molecule has 5 nitrogen and oxygen atoms in total. The van der Waals surface area contributed by atoms with E-state index in [1.807, 2.05) is 18.2 Å². The largest absolute Gasteiger partial charge is 0.406 e. The molecule has 8 heteroatoms. The van der Waals surface area contributed by atoms with Crippen molar-refractivity contribution in [3.8, 4) is 22.3 Å². The van der Waals surface area contributed by atoms with Crippen LogP contribution in [0.25, 0.3) is 22.3 Å². The van der Waals surface area contributed by atoms with Gasteiger partial charge in [-0.15, -0.1) is 0 Å². The molecule has 0 N–H and O–H groups in total. The summed E-state index contributed by atoms with van der Waals surface area (Å²) in [6.07, 6.45) is 0.211. The van der Waals surface area contributed by atoms with Crippen molar-refractivity contribution >= 4 is 11.6 Å². The smallest absolute Gasteiger partial charge is 0.315 e. The van der Waals surface area contributed by atoms with Gasteiger partial charge in [-0.2, -0.15) is 13.2 Å². The van der Waals surface area contributed by atoms with Crippen molar-refractivity contribution in [3.63, 3.8) is 0 Å². The summed E-state index contributed by atoms with van der Waals surface area (Å²) < 4.78 is 38.8. The number of aromatic nitrogens is 2. The highest BCUT2D eigenvalue weighted by Gasteiger charge is 2.28. The number of rotatable bonds is 3. The Hall–Kier alpha value is -3.42. The van der Waals surface area contributed by atoms with Gasteiger partial charge in [0.2, 0.25) is 5.91 Å². The van der Waals surface area contributed by atoms with E-state index in [1.54, 1.807) is 24.2 Å². The van der Waals surface area contributed by atoms with E-state index in [0.29, 0.717) is 22.1 Å². The summed E-state index contributed by atoms with van der Waals surface area (Å²) >= 11 is 0. The van der Waals surface area contributed by atoms with Crippen LogP contribution >= 0.6 is 0 Å². The lowest BCUT2D eigenvalue weighted by Gasteiger charge is -2.12. The molecular formula is C21H16F3N3O2. The molecule has 29 heavy (non-hydrogen) atoms. The van der Waals surface area contributed by atoms with Crippen LogP contribution < -0.4 is 10.5 Å². The van der Waals surface area contributed by atoms with Gasteiger partial charge in [0.15, 0.2) is 0 Å². The lowest BCUT2D eigenvalue weighted by Crippen LogP contribution is -2.27. The van der Waals surface area contributed by atoms with Crippen LogP contribution in [-0.4, -0.2) is 28.7 Å². The lowest BCUT2D eigenvalue weighted by atomic mass is 10.0. The van der Waals surface area contributed by atoms with Crippen molar-refractivity contribution in [2.45, 2.75) is 19.1 Å². The van der Waals surface area contributed by atoms with E-state index >= 15 is 0 Å². The SMILES string of the molecule is CN1C(=O)Cc2cc(-c3cncc(-c4ccc(=O)n(CC(F)(F)F)c4)c3)ccc21. The predicted octanol–water partition coefficient (Wildman–Crippen LogP) is 3.66. The zero-order chi connectivity index (χ0) is 20.8. The van der Waals surface area contributed by atoms with E-state index in [2.05, 4.69) is 4.98 Å². The molecule has 1 amide bonds. The van der Waals surface area contributed by atoms with Gasteiger partial charge in [0, 0.05) is 48.5 Å². The predicted molar refractivity (Wildman–Crippen MR) is 103 cm³/mol. The quantitative estimate of drug-likeness (QED) is 0.676. The zero-order valence-corrected chi connectivity index (χ0v) is 15.4. The number of benzene rings is 1. The Balaban J connectivity index is 1.70. The normalized spacial score (nSPS) is 13.7. The summed E-state index contributed by atoms with van der Waals surface area (Å²) in [6, 6.07) is 10.1. The molecule has 0 fully saturated rings. The number of hydrogen-bond donors (Lipinski definition) is 0. The highest BCUT2D eigenvalue weighted by molar-refractivity contribution is 6.01. The summed E-state index contributed by atoms with van der Waals surface area (Å²) in [7, 11) is 1.73. The summed E-state index contributed by atoms with van der Waals surface area (Å²) in [6.45, 7) is -1.35. The third-order valence-corrected chi connectivity index (χ3v) is 4.89. The molecule has 1 aliphatic heterocycles. The Morgan fingerprint density at radius 2 is 1.66 bits per heavy atom. The standard InChI is InChI=1S/C21H16F3N3O2/c1-26-18-4-2-13(6-15(18)8-20(26)29)16-7-17(10-25-9-16)14-3-5-19(28)27(11-14)12-21(22,23)24/h2-7,9-11H,8,12H2,1H3. The highest BCUT2D eigenvalue weighted by atomic mass is 19.4. The van der Waals surface area contributed by atoms with Crippen molar-refractivity contribution in [2.75, 3.05) is 11.9 Å². The number of fused-ring (bicyclic) bond motifs is 1. The zero-order valence-electron chi connectivity index (χ0n) is 15.4. The molecule has 0 saturated heterocycles. The number of halogens is 3. The molecule has 3 aromatic rings. The van der Waals surface area contributed by atoms with Crippen molar-refractivity contribution in [1.82, 2.24) is 9.55 Å². The Bertz CT molecular complexity index is 1170. The minimum atomic E-state index is -4.49. The minimum Gasteiger partial charge on any atom is -0.315 e. The number of likely N-dealkylation sites (N-methyl/N-ethyl adjacent to an activating group) is 1. The van der Waals surface area contributed by atoms with Gasteiger partial charge in [0.25, 0.3) is 5.56 Å². The average Bonchev–Trinajstić information content (AvgIpc) is 2.96. The van der Waals surface area contributed by atoms with E-state index in [1.165, 1.54) is 18.5 Å². The number of alkyl halides is 3. The number of pyridine rings is 2. The third-order valence-electron chi connectivity index (χ3n) is 4.89. The van der Waals surface area contributed by atoms with Crippen molar-refractivity contribution < 1.29 is 18.0 Å². The Labute approximate surface area is 164 Å². The maximum atomic E-state index is 12.7. The van der Waals surface area contributed by atoms with Crippen molar-refractivity contribution in [1.29, 1.82) is 0 Å². The fourth-order valence-electron chi connectivity index (χ4n) is 3.42. The first-order valence-corrected chi connectivity index (χ1v) is 8.84. The van der Waals surface area contributed by atoms with Crippen molar-refractivity contribution in [3.05, 3.63) is 70.9 Å². The average molecular weight is 399 g/mol. The van der Waals surface area contributed by atoms with Crippen LogP contribution in [-0.2, 0) is 17.8 Å². The number of amides is 1. The van der Waals surface area contributed by atoms with Crippen LogP contribution in [0.1, 0.15) is 5.56 Å². The minimum absolute atomic E-state index is 0.0240. The highest BCUT2D eigenvalue weighted by Crippen LogP contribution is 2.33. The number of anilines is 1. The molecular weight excluding hydrogens is 383 g/mol. The molecule has 0 aliphatic carbocycles. The molecule has 1 aliphatic rings. The first-order chi connectivity index (χ1) is 13.7. The molecule has 0 spiro atoms. The van der Waals surface area contributed by atoms with Crippen molar-refractivity contribution in [2.24, 2.45) is 0 Å². The second kappa shape index (κ2) is 6.88. The van der Waals surface area contributed by atoms with Crippen LogP contribution in [0.5, 0.6) is 0 Å². The molecule has 0 atom stereocenters. The Morgan fingerprint density at radius 3 is 2.38 bits per heavy atom. The van der Waals surface area contributed by atoms with Gasteiger partial charge in [-0.3, -0.25) is 14.6 Å². The molecule has 2 aromatic heterocycles. The molecule has 0 unspecified atom stereocenters. The van der Waals surface area contributed by atoms with Crippen LogP contribution in [0.2, 0.25) is 0 Å². The number of carbonyl (C=O) groups excluding carboxylic acids is 1. The Kier molecular flexibility index (Phi) is 4.49. The fraction of sp³-hybridized carbons (Fsp3) is 0.190. The molecule has 3 heterocycles. The number of nitrogens with zero attached hydrogens (tertiary/aromatic N) is 3. The van der Waals surface area contributed by atoms with E-state index in [9.17, 15) is 22.8 Å². The molecule has 148 valence electrons. The molecule has 1 aromatic carbocycles.